The fraction of sp³-hybridized carbons (Fsp3) is 0.348. The SMILES string of the molecule is CCN(CCNS(C)(=O)=O)c1ccc(Nc2cc(C)nc3cc(C(F)(F)F)ccc23)c(C)c1. The number of hydrogen-bond donors (Lipinski definition) is 2. The van der Waals surface area contributed by atoms with Gasteiger partial charge in [0.25, 0.3) is 0 Å². The average Bonchev–Trinajstić information content (AvgIpc) is 2.70. The Morgan fingerprint density at radius 2 is 1.76 bits per heavy atom. The van der Waals surface area contributed by atoms with Crippen molar-refractivity contribution < 1.29 is 21.6 Å². The summed E-state index contributed by atoms with van der Waals surface area (Å²) in [6, 6.07) is 11.2. The van der Waals surface area contributed by atoms with Crippen molar-refractivity contribution in [3.05, 3.63) is 59.3 Å². The Morgan fingerprint density at radius 1 is 1.03 bits per heavy atom. The van der Waals surface area contributed by atoms with Crippen molar-refractivity contribution in [1.82, 2.24) is 9.71 Å². The van der Waals surface area contributed by atoms with Crippen LogP contribution in [0, 0.1) is 13.8 Å². The van der Waals surface area contributed by atoms with Gasteiger partial charge in [-0.2, -0.15) is 13.2 Å². The van der Waals surface area contributed by atoms with E-state index in [1.54, 1.807) is 13.0 Å². The van der Waals surface area contributed by atoms with Crippen molar-refractivity contribution in [3.8, 4) is 0 Å². The number of hydrogen-bond acceptors (Lipinski definition) is 5. The molecule has 2 N–H and O–H groups in total. The average molecular weight is 481 g/mol. The summed E-state index contributed by atoms with van der Waals surface area (Å²) in [7, 11) is -3.25. The zero-order valence-corrected chi connectivity index (χ0v) is 19.7. The van der Waals surface area contributed by atoms with Gasteiger partial charge in [-0.05, 0) is 62.7 Å². The van der Waals surface area contributed by atoms with Crippen molar-refractivity contribution in [1.29, 1.82) is 0 Å². The van der Waals surface area contributed by atoms with E-state index in [4.69, 9.17) is 0 Å². The minimum absolute atomic E-state index is 0.275. The number of alkyl halides is 3. The van der Waals surface area contributed by atoms with Crippen molar-refractivity contribution >= 4 is 38.0 Å². The van der Waals surface area contributed by atoms with Crippen LogP contribution in [0.4, 0.5) is 30.2 Å². The summed E-state index contributed by atoms with van der Waals surface area (Å²) < 4.78 is 64.4. The zero-order valence-electron chi connectivity index (χ0n) is 18.9. The number of sulfonamides is 1. The number of halogens is 3. The van der Waals surface area contributed by atoms with Crippen molar-refractivity contribution in [2.24, 2.45) is 0 Å². The van der Waals surface area contributed by atoms with Crippen LogP contribution in [-0.4, -0.2) is 39.3 Å². The van der Waals surface area contributed by atoms with Crippen LogP contribution in [-0.2, 0) is 16.2 Å². The lowest BCUT2D eigenvalue weighted by Gasteiger charge is -2.24. The summed E-state index contributed by atoms with van der Waals surface area (Å²) in [6.07, 6.45) is -3.30. The number of likely N-dealkylation sites (N-methyl/N-ethyl adjacent to an activating group) is 1. The van der Waals surface area contributed by atoms with Gasteiger partial charge in [0.05, 0.1) is 17.3 Å². The first-order valence-corrected chi connectivity index (χ1v) is 12.3. The summed E-state index contributed by atoms with van der Waals surface area (Å²) in [5.41, 5.74) is 3.52. The van der Waals surface area contributed by atoms with Crippen LogP contribution in [0.3, 0.4) is 0 Å². The molecule has 0 fully saturated rings. The van der Waals surface area contributed by atoms with E-state index in [1.807, 2.05) is 32.0 Å². The maximum Gasteiger partial charge on any atom is 0.416 e. The van der Waals surface area contributed by atoms with Crippen LogP contribution in [0.15, 0.2) is 42.5 Å². The smallest absolute Gasteiger partial charge is 0.370 e. The lowest BCUT2D eigenvalue weighted by Crippen LogP contribution is -2.34. The van der Waals surface area contributed by atoms with E-state index < -0.39 is 21.8 Å². The second-order valence-corrected chi connectivity index (χ2v) is 9.74. The largest absolute Gasteiger partial charge is 0.416 e. The second kappa shape index (κ2) is 9.56. The molecule has 1 heterocycles. The number of nitrogens with zero attached hydrogens (tertiary/aromatic N) is 2. The molecule has 0 aliphatic carbocycles. The van der Waals surface area contributed by atoms with E-state index in [0.29, 0.717) is 36.4 Å². The molecule has 0 saturated heterocycles. The molecule has 0 radical (unpaired) electrons. The Labute approximate surface area is 191 Å². The predicted octanol–water partition coefficient (Wildman–Crippen LogP) is 4.99. The summed E-state index contributed by atoms with van der Waals surface area (Å²) in [4.78, 5) is 6.33. The highest BCUT2D eigenvalue weighted by Crippen LogP contribution is 2.34. The molecule has 178 valence electrons. The molecule has 3 rings (SSSR count). The van der Waals surface area contributed by atoms with Gasteiger partial charge in [0.15, 0.2) is 0 Å². The van der Waals surface area contributed by atoms with Gasteiger partial charge >= 0.3 is 6.18 Å². The Balaban J connectivity index is 1.86. The maximum absolute atomic E-state index is 13.1. The first kappa shape index (κ1) is 24.8. The van der Waals surface area contributed by atoms with Crippen LogP contribution in [0.25, 0.3) is 10.9 Å². The van der Waals surface area contributed by atoms with Crippen LogP contribution < -0.4 is 14.9 Å². The summed E-state index contributed by atoms with van der Waals surface area (Å²) in [5, 5.41) is 3.93. The Kier molecular flexibility index (Phi) is 7.18. The Morgan fingerprint density at radius 3 is 2.36 bits per heavy atom. The normalized spacial score (nSPS) is 12.2. The van der Waals surface area contributed by atoms with Gasteiger partial charge in [-0.1, -0.05) is 6.07 Å². The van der Waals surface area contributed by atoms with E-state index >= 15 is 0 Å². The third kappa shape index (κ3) is 6.35. The van der Waals surface area contributed by atoms with Gasteiger partial charge in [-0.3, -0.25) is 4.98 Å². The molecule has 0 amide bonds. The van der Waals surface area contributed by atoms with Crippen molar-refractivity contribution in [2.75, 3.05) is 36.1 Å². The molecule has 1 aromatic heterocycles. The number of nitrogens with one attached hydrogen (secondary N) is 2. The highest BCUT2D eigenvalue weighted by Gasteiger charge is 2.30. The molecule has 0 unspecified atom stereocenters. The molecule has 2 aromatic carbocycles. The minimum atomic E-state index is -4.43. The predicted molar refractivity (Wildman–Crippen MR) is 127 cm³/mol. The first-order chi connectivity index (χ1) is 15.4. The minimum Gasteiger partial charge on any atom is -0.370 e. The highest BCUT2D eigenvalue weighted by atomic mass is 32.2. The molecule has 0 bridgehead atoms. The number of fused-ring (bicyclic) bond motifs is 1. The van der Waals surface area contributed by atoms with Gasteiger partial charge in [0.2, 0.25) is 10.0 Å². The number of rotatable bonds is 8. The molecule has 0 aliphatic rings. The molecular formula is C23H27F3N4O2S. The number of aromatic nitrogens is 1. The van der Waals surface area contributed by atoms with Gasteiger partial charge in [0.1, 0.15) is 0 Å². The molecule has 0 saturated carbocycles. The molecule has 0 aliphatic heterocycles. The highest BCUT2D eigenvalue weighted by molar-refractivity contribution is 7.88. The summed E-state index contributed by atoms with van der Waals surface area (Å²) in [6.45, 7) is 7.19. The molecule has 3 aromatic rings. The number of benzene rings is 2. The van der Waals surface area contributed by atoms with Gasteiger partial charge in [-0.15, -0.1) is 0 Å². The molecule has 6 nitrogen and oxygen atoms in total. The molecule has 0 spiro atoms. The fourth-order valence-corrected chi connectivity index (χ4v) is 4.07. The van der Waals surface area contributed by atoms with Crippen LogP contribution in [0.1, 0.15) is 23.7 Å². The number of anilines is 3. The summed E-state index contributed by atoms with van der Waals surface area (Å²) in [5.74, 6) is 0. The van der Waals surface area contributed by atoms with Crippen molar-refractivity contribution in [2.45, 2.75) is 26.9 Å². The van der Waals surface area contributed by atoms with Crippen LogP contribution >= 0.6 is 0 Å². The van der Waals surface area contributed by atoms with Gasteiger partial charge in [-0.25, -0.2) is 13.1 Å². The third-order valence-electron chi connectivity index (χ3n) is 5.24. The standard InChI is InChI=1S/C23H27F3N4O2S/c1-5-30(11-10-27-33(4,31)32)18-7-9-20(15(2)12-18)29-21-13-16(3)28-22-14-17(23(24,25)26)6-8-19(21)22/h6-9,12-14,27H,5,10-11H2,1-4H3,(H,28,29). The quantitative estimate of drug-likeness (QED) is 0.475. The van der Waals surface area contributed by atoms with E-state index in [2.05, 4.69) is 19.9 Å². The van der Waals surface area contributed by atoms with E-state index in [-0.39, 0.29) is 5.52 Å². The lowest BCUT2D eigenvalue weighted by atomic mass is 10.1. The molecular weight excluding hydrogens is 453 g/mol. The van der Waals surface area contributed by atoms with Gasteiger partial charge < -0.3 is 10.2 Å². The topological polar surface area (TPSA) is 74.3 Å². The molecule has 10 heteroatoms. The first-order valence-electron chi connectivity index (χ1n) is 10.4. The molecule has 0 atom stereocenters. The monoisotopic (exact) mass is 480 g/mol. The van der Waals surface area contributed by atoms with Crippen molar-refractivity contribution in [3.63, 3.8) is 0 Å². The Bertz CT molecular complexity index is 1260. The van der Waals surface area contributed by atoms with E-state index in [1.165, 1.54) is 6.07 Å². The summed E-state index contributed by atoms with van der Waals surface area (Å²) >= 11 is 0. The fourth-order valence-electron chi connectivity index (χ4n) is 3.61. The maximum atomic E-state index is 13.1. The lowest BCUT2D eigenvalue weighted by molar-refractivity contribution is -0.137. The van der Waals surface area contributed by atoms with E-state index in [9.17, 15) is 21.6 Å². The van der Waals surface area contributed by atoms with E-state index in [0.717, 1.165) is 35.3 Å². The van der Waals surface area contributed by atoms with Crippen LogP contribution in [0.5, 0.6) is 0 Å². The number of pyridine rings is 1. The molecule has 33 heavy (non-hydrogen) atoms. The Hall–Kier alpha value is -2.85. The third-order valence-corrected chi connectivity index (χ3v) is 5.97. The zero-order chi connectivity index (χ0) is 24.4. The number of aryl methyl sites for hydroxylation is 2. The van der Waals surface area contributed by atoms with Crippen LogP contribution in [0.2, 0.25) is 0 Å². The van der Waals surface area contributed by atoms with Gasteiger partial charge in [0, 0.05) is 47.8 Å². The second-order valence-electron chi connectivity index (χ2n) is 7.91.